The van der Waals surface area contributed by atoms with Crippen LogP contribution in [0.2, 0.25) is 0 Å². The molecular weight excluding hydrogens is 223 g/mol. The number of fused-ring (bicyclic) bond motifs is 2. The summed E-state index contributed by atoms with van der Waals surface area (Å²) < 4.78 is 0. The van der Waals surface area contributed by atoms with Crippen LogP contribution in [0.1, 0.15) is 32.1 Å². The molecule has 5 heteroatoms. The molecule has 0 saturated carbocycles. The molecule has 1 amide bonds. The first-order chi connectivity index (χ1) is 5.67. The SMILES string of the molecule is CN1C2CCCC1(C(N)=O)CC2.Cl.Cl. The molecule has 2 atom stereocenters. The molecule has 2 unspecified atom stereocenters. The lowest BCUT2D eigenvalue weighted by molar-refractivity contribution is -0.130. The van der Waals surface area contributed by atoms with Crippen LogP contribution in [0.4, 0.5) is 0 Å². The van der Waals surface area contributed by atoms with Crippen LogP contribution < -0.4 is 5.73 Å². The third-order valence-corrected chi connectivity index (χ3v) is 3.70. The van der Waals surface area contributed by atoms with Crippen molar-refractivity contribution in [1.82, 2.24) is 4.90 Å². The van der Waals surface area contributed by atoms with Crippen LogP contribution in [0.5, 0.6) is 0 Å². The van der Waals surface area contributed by atoms with Crippen LogP contribution in [0.25, 0.3) is 0 Å². The van der Waals surface area contributed by atoms with Crippen molar-refractivity contribution in [2.24, 2.45) is 5.73 Å². The zero-order valence-electron chi connectivity index (χ0n) is 8.36. The lowest BCUT2D eigenvalue weighted by atomic mass is 9.88. The largest absolute Gasteiger partial charge is 0.368 e. The predicted molar refractivity (Wildman–Crippen MR) is 61.1 cm³/mol. The van der Waals surface area contributed by atoms with Crippen LogP contribution in [-0.4, -0.2) is 29.4 Å². The summed E-state index contributed by atoms with van der Waals surface area (Å²) in [5, 5.41) is 0. The van der Waals surface area contributed by atoms with Gasteiger partial charge >= 0.3 is 0 Å². The molecule has 2 saturated heterocycles. The quantitative estimate of drug-likeness (QED) is 0.752. The molecule has 0 aromatic heterocycles. The van der Waals surface area contributed by atoms with Crippen LogP contribution >= 0.6 is 24.8 Å². The zero-order chi connectivity index (χ0) is 8.77. The Labute approximate surface area is 97.2 Å². The van der Waals surface area contributed by atoms with E-state index in [2.05, 4.69) is 4.90 Å². The van der Waals surface area contributed by atoms with Gasteiger partial charge in [0.25, 0.3) is 0 Å². The van der Waals surface area contributed by atoms with Gasteiger partial charge < -0.3 is 5.73 Å². The molecule has 0 radical (unpaired) electrons. The van der Waals surface area contributed by atoms with Gasteiger partial charge in [-0.2, -0.15) is 0 Å². The molecule has 2 bridgehead atoms. The smallest absolute Gasteiger partial charge is 0.237 e. The monoisotopic (exact) mass is 240 g/mol. The highest BCUT2D eigenvalue weighted by molar-refractivity contribution is 5.86. The lowest BCUT2D eigenvalue weighted by Gasteiger charge is -2.39. The summed E-state index contributed by atoms with van der Waals surface area (Å²) in [7, 11) is 2.04. The Balaban J connectivity index is 0.000000845. The summed E-state index contributed by atoms with van der Waals surface area (Å²) in [5.74, 6) is -0.118. The Bertz CT molecular complexity index is 221. The lowest BCUT2D eigenvalue weighted by Crippen LogP contribution is -2.56. The average Bonchev–Trinajstić information content (AvgIpc) is 2.28. The van der Waals surface area contributed by atoms with E-state index in [0.717, 1.165) is 25.7 Å². The molecule has 2 fully saturated rings. The van der Waals surface area contributed by atoms with Gasteiger partial charge in [0.05, 0.1) is 0 Å². The average molecular weight is 241 g/mol. The summed E-state index contributed by atoms with van der Waals surface area (Å²) in [6, 6.07) is 0.617. The Morgan fingerprint density at radius 2 is 2.00 bits per heavy atom. The highest BCUT2D eigenvalue weighted by Crippen LogP contribution is 2.42. The summed E-state index contributed by atoms with van der Waals surface area (Å²) >= 11 is 0. The normalized spacial score (nSPS) is 35.6. The van der Waals surface area contributed by atoms with Gasteiger partial charge in [-0.25, -0.2) is 0 Å². The predicted octanol–water partition coefficient (Wildman–Crippen LogP) is 1.33. The summed E-state index contributed by atoms with van der Waals surface area (Å²) in [6.07, 6.45) is 5.50. The topological polar surface area (TPSA) is 46.3 Å². The first kappa shape index (κ1) is 14.0. The van der Waals surface area contributed by atoms with Gasteiger partial charge in [-0.3, -0.25) is 9.69 Å². The molecule has 2 aliphatic rings. The highest BCUT2D eigenvalue weighted by Gasteiger charge is 2.50. The Hall–Kier alpha value is 0.01000. The second-order valence-corrected chi connectivity index (χ2v) is 4.09. The van der Waals surface area contributed by atoms with Crippen molar-refractivity contribution in [3.05, 3.63) is 0 Å². The van der Waals surface area contributed by atoms with Crippen molar-refractivity contribution >= 4 is 30.7 Å². The Kier molecular flexibility index (Phi) is 4.69. The van der Waals surface area contributed by atoms with E-state index in [-0.39, 0.29) is 36.3 Å². The Morgan fingerprint density at radius 3 is 2.50 bits per heavy atom. The fourth-order valence-electron chi connectivity index (χ4n) is 2.81. The van der Waals surface area contributed by atoms with Gasteiger partial charge in [0.15, 0.2) is 0 Å². The van der Waals surface area contributed by atoms with Crippen molar-refractivity contribution in [3.8, 4) is 0 Å². The van der Waals surface area contributed by atoms with E-state index >= 15 is 0 Å². The first-order valence-corrected chi connectivity index (χ1v) is 4.70. The number of amides is 1. The molecule has 2 aliphatic heterocycles. The van der Waals surface area contributed by atoms with E-state index in [4.69, 9.17) is 5.73 Å². The van der Waals surface area contributed by atoms with Crippen molar-refractivity contribution in [2.75, 3.05) is 7.05 Å². The maximum absolute atomic E-state index is 11.3. The number of hydrogen-bond acceptors (Lipinski definition) is 2. The number of halogens is 2. The zero-order valence-corrected chi connectivity index (χ0v) is 10.00. The van der Waals surface area contributed by atoms with E-state index in [1.54, 1.807) is 0 Å². The number of carbonyl (C=O) groups excluding carboxylic acids is 1. The van der Waals surface area contributed by atoms with E-state index < -0.39 is 0 Å². The maximum Gasteiger partial charge on any atom is 0.237 e. The van der Waals surface area contributed by atoms with E-state index in [0.29, 0.717) is 6.04 Å². The number of likely N-dealkylation sites (N-methyl/N-ethyl adjacent to an activating group) is 1. The molecule has 2 N–H and O–H groups in total. The van der Waals surface area contributed by atoms with Crippen molar-refractivity contribution < 1.29 is 4.79 Å². The van der Waals surface area contributed by atoms with Gasteiger partial charge in [-0.15, -0.1) is 24.8 Å². The number of nitrogens with two attached hydrogens (primary N) is 1. The molecule has 0 aromatic carbocycles. The fourth-order valence-corrected chi connectivity index (χ4v) is 2.81. The number of primary amides is 1. The summed E-state index contributed by atoms with van der Waals surface area (Å²) in [4.78, 5) is 13.5. The second-order valence-electron chi connectivity index (χ2n) is 4.09. The number of piperidine rings is 1. The number of nitrogens with zero attached hydrogens (tertiary/aromatic N) is 1. The van der Waals surface area contributed by atoms with Gasteiger partial charge in [-0.05, 0) is 39.2 Å². The molecule has 2 heterocycles. The van der Waals surface area contributed by atoms with Crippen LogP contribution in [0.3, 0.4) is 0 Å². The maximum atomic E-state index is 11.3. The molecule has 0 aliphatic carbocycles. The van der Waals surface area contributed by atoms with Gasteiger partial charge in [-0.1, -0.05) is 0 Å². The number of rotatable bonds is 1. The minimum Gasteiger partial charge on any atom is -0.368 e. The van der Waals surface area contributed by atoms with Crippen molar-refractivity contribution in [2.45, 2.75) is 43.7 Å². The third-order valence-electron chi connectivity index (χ3n) is 3.70. The van der Waals surface area contributed by atoms with Crippen LogP contribution in [0, 0.1) is 0 Å². The third kappa shape index (κ3) is 1.73. The highest BCUT2D eigenvalue weighted by atomic mass is 35.5. The molecule has 14 heavy (non-hydrogen) atoms. The fraction of sp³-hybridized carbons (Fsp3) is 0.889. The van der Waals surface area contributed by atoms with Crippen molar-refractivity contribution in [3.63, 3.8) is 0 Å². The minimum absolute atomic E-state index is 0. The molecule has 2 rings (SSSR count). The van der Waals surface area contributed by atoms with E-state index in [1.165, 1.54) is 6.42 Å². The Morgan fingerprint density at radius 1 is 1.36 bits per heavy atom. The summed E-state index contributed by atoms with van der Waals surface area (Å²) in [5.41, 5.74) is 5.17. The van der Waals surface area contributed by atoms with Crippen molar-refractivity contribution in [1.29, 1.82) is 0 Å². The molecule has 0 spiro atoms. The minimum atomic E-state index is -0.275. The van der Waals surface area contributed by atoms with Gasteiger partial charge in [0, 0.05) is 6.04 Å². The molecule has 0 aromatic rings. The van der Waals surface area contributed by atoms with Gasteiger partial charge in [0.2, 0.25) is 5.91 Å². The standard InChI is InChI=1S/C9H16N2O.2ClH/c1-11-7-3-2-5-9(11,6-4-7)8(10)12;;/h7H,2-6H2,1H3,(H2,10,12);2*1H. The number of carbonyl (C=O) groups is 1. The first-order valence-electron chi connectivity index (χ1n) is 4.70. The van der Waals surface area contributed by atoms with Crippen LogP contribution in [0.15, 0.2) is 0 Å². The van der Waals surface area contributed by atoms with Crippen LogP contribution in [-0.2, 0) is 4.79 Å². The van der Waals surface area contributed by atoms with E-state index in [9.17, 15) is 4.79 Å². The number of hydrogen-bond donors (Lipinski definition) is 1. The van der Waals surface area contributed by atoms with Gasteiger partial charge in [0.1, 0.15) is 5.54 Å². The molecule has 3 nitrogen and oxygen atoms in total. The van der Waals surface area contributed by atoms with E-state index in [1.807, 2.05) is 7.05 Å². The summed E-state index contributed by atoms with van der Waals surface area (Å²) in [6.45, 7) is 0. The molecule has 84 valence electrons. The second kappa shape index (κ2) is 4.69. The molecular formula is C9H18Cl2N2O.